The molecule has 24 heavy (non-hydrogen) atoms. The zero-order chi connectivity index (χ0) is 16.9. The van der Waals surface area contributed by atoms with Crippen LogP contribution in [0.15, 0.2) is 30.3 Å². The van der Waals surface area contributed by atoms with Crippen molar-refractivity contribution in [3.8, 4) is 0 Å². The van der Waals surface area contributed by atoms with Gasteiger partial charge in [-0.3, -0.25) is 19.9 Å². The minimum Gasteiger partial charge on any atom is -0.375 e. The van der Waals surface area contributed by atoms with Gasteiger partial charge in [0.15, 0.2) is 0 Å². The smallest absolute Gasteiger partial charge is 0.248 e. The van der Waals surface area contributed by atoms with E-state index in [2.05, 4.69) is 27.9 Å². The van der Waals surface area contributed by atoms with E-state index in [1.54, 1.807) is 0 Å². The molecule has 0 aliphatic carbocycles. The standard InChI is InChI=1S/C17H24N4O3/c1-24-12-16(23)21-9-7-20(8-10-21)14-11-15(22)18-19-17(14)13-5-3-2-4-6-13/h2-6,14,17,19H,7-12H2,1H3,(H,18,22). The number of hydrazine groups is 1. The van der Waals surface area contributed by atoms with Gasteiger partial charge in [-0.2, -0.15) is 0 Å². The van der Waals surface area contributed by atoms with E-state index >= 15 is 0 Å². The number of methoxy groups -OCH3 is 1. The highest BCUT2D eigenvalue weighted by Gasteiger charge is 2.36. The number of carbonyl (C=O) groups excluding carboxylic acids is 2. The van der Waals surface area contributed by atoms with Crippen molar-refractivity contribution in [2.24, 2.45) is 0 Å². The van der Waals surface area contributed by atoms with Crippen LogP contribution in [0.4, 0.5) is 0 Å². The minimum atomic E-state index is 0.00469. The maximum absolute atomic E-state index is 11.9. The Labute approximate surface area is 141 Å². The number of nitrogens with one attached hydrogen (secondary N) is 2. The molecule has 2 amide bonds. The van der Waals surface area contributed by atoms with Crippen LogP contribution < -0.4 is 10.9 Å². The average Bonchev–Trinajstić information content (AvgIpc) is 2.63. The molecule has 0 saturated carbocycles. The Balaban J connectivity index is 1.67. The lowest BCUT2D eigenvalue weighted by molar-refractivity contribution is -0.138. The predicted molar refractivity (Wildman–Crippen MR) is 88.9 cm³/mol. The predicted octanol–water partition coefficient (Wildman–Crippen LogP) is -0.0886. The fourth-order valence-corrected chi connectivity index (χ4v) is 3.44. The number of piperazine rings is 1. The van der Waals surface area contributed by atoms with Gasteiger partial charge < -0.3 is 9.64 Å². The Hall–Kier alpha value is -1.96. The van der Waals surface area contributed by atoms with Gasteiger partial charge in [0.2, 0.25) is 11.8 Å². The molecular formula is C17H24N4O3. The zero-order valence-electron chi connectivity index (χ0n) is 13.9. The molecule has 2 fully saturated rings. The first-order valence-electron chi connectivity index (χ1n) is 8.29. The molecule has 3 rings (SSSR count). The molecule has 1 aromatic rings. The molecule has 2 saturated heterocycles. The summed E-state index contributed by atoms with van der Waals surface area (Å²) in [5, 5.41) is 0. The lowest BCUT2D eigenvalue weighted by Gasteiger charge is -2.44. The zero-order valence-corrected chi connectivity index (χ0v) is 13.9. The van der Waals surface area contributed by atoms with Crippen molar-refractivity contribution in [1.29, 1.82) is 0 Å². The van der Waals surface area contributed by atoms with E-state index < -0.39 is 0 Å². The quantitative estimate of drug-likeness (QED) is 0.806. The molecule has 2 N–H and O–H groups in total. The summed E-state index contributed by atoms with van der Waals surface area (Å²) in [6, 6.07) is 10.3. The van der Waals surface area contributed by atoms with Gasteiger partial charge in [-0.1, -0.05) is 30.3 Å². The minimum absolute atomic E-state index is 0.00469. The van der Waals surface area contributed by atoms with Gasteiger partial charge in [-0.05, 0) is 5.56 Å². The molecule has 0 radical (unpaired) electrons. The third-order valence-electron chi connectivity index (χ3n) is 4.71. The summed E-state index contributed by atoms with van der Waals surface area (Å²) >= 11 is 0. The normalized spacial score (nSPS) is 25.4. The largest absolute Gasteiger partial charge is 0.375 e. The van der Waals surface area contributed by atoms with Gasteiger partial charge in [-0.15, -0.1) is 0 Å². The molecule has 1 aromatic carbocycles. The molecule has 2 unspecified atom stereocenters. The fraction of sp³-hybridized carbons (Fsp3) is 0.529. The summed E-state index contributed by atoms with van der Waals surface area (Å²) in [4.78, 5) is 27.9. The third-order valence-corrected chi connectivity index (χ3v) is 4.71. The van der Waals surface area contributed by atoms with Crippen molar-refractivity contribution in [1.82, 2.24) is 20.7 Å². The van der Waals surface area contributed by atoms with E-state index in [0.717, 1.165) is 18.7 Å². The van der Waals surface area contributed by atoms with E-state index in [1.165, 1.54) is 7.11 Å². The number of hydrogen-bond donors (Lipinski definition) is 2. The summed E-state index contributed by atoms with van der Waals surface area (Å²) in [6.45, 7) is 2.99. The van der Waals surface area contributed by atoms with Crippen LogP contribution in [-0.4, -0.2) is 67.6 Å². The lowest BCUT2D eigenvalue weighted by atomic mass is 9.93. The molecule has 2 aliphatic rings. The Morgan fingerprint density at radius 2 is 1.92 bits per heavy atom. The summed E-state index contributed by atoms with van der Waals surface area (Å²) in [5.74, 6) is 0.0290. The second kappa shape index (κ2) is 7.74. The molecule has 130 valence electrons. The van der Waals surface area contributed by atoms with Gasteiger partial charge in [0.25, 0.3) is 0 Å². The van der Waals surface area contributed by atoms with Gasteiger partial charge in [-0.25, -0.2) is 5.43 Å². The van der Waals surface area contributed by atoms with Gasteiger partial charge in [0.1, 0.15) is 6.61 Å². The highest BCUT2D eigenvalue weighted by molar-refractivity contribution is 5.78. The fourth-order valence-electron chi connectivity index (χ4n) is 3.44. The summed E-state index contributed by atoms with van der Waals surface area (Å²) < 4.78 is 4.92. The average molecular weight is 332 g/mol. The van der Waals surface area contributed by atoms with Crippen molar-refractivity contribution in [2.75, 3.05) is 39.9 Å². The van der Waals surface area contributed by atoms with Crippen LogP contribution in [0.1, 0.15) is 18.0 Å². The summed E-state index contributed by atoms with van der Waals surface area (Å²) in [5.41, 5.74) is 7.04. The monoisotopic (exact) mass is 332 g/mol. The molecule has 7 nitrogen and oxygen atoms in total. The maximum Gasteiger partial charge on any atom is 0.248 e. The topological polar surface area (TPSA) is 73.9 Å². The number of ether oxygens (including phenoxy) is 1. The SMILES string of the molecule is COCC(=O)N1CCN(C2CC(=O)NNC2c2ccccc2)CC1. The van der Waals surface area contributed by atoms with Crippen molar-refractivity contribution >= 4 is 11.8 Å². The number of benzene rings is 1. The highest BCUT2D eigenvalue weighted by Crippen LogP contribution is 2.26. The summed E-state index contributed by atoms with van der Waals surface area (Å²) in [7, 11) is 1.53. The van der Waals surface area contributed by atoms with Crippen LogP contribution >= 0.6 is 0 Å². The Kier molecular flexibility index (Phi) is 5.44. The second-order valence-electron chi connectivity index (χ2n) is 6.20. The van der Waals surface area contributed by atoms with E-state index in [0.29, 0.717) is 19.5 Å². The van der Waals surface area contributed by atoms with E-state index in [9.17, 15) is 9.59 Å². The maximum atomic E-state index is 11.9. The van der Waals surface area contributed by atoms with Crippen LogP contribution in [-0.2, 0) is 14.3 Å². The van der Waals surface area contributed by atoms with E-state index in [-0.39, 0.29) is 30.5 Å². The van der Waals surface area contributed by atoms with Gasteiger partial charge in [0.05, 0.1) is 6.04 Å². The van der Waals surface area contributed by atoms with E-state index in [4.69, 9.17) is 4.74 Å². The van der Waals surface area contributed by atoms with Gasteiger partial charge in [0, 0.05) is 45.8 Å². The highest BCUT2D eigenvalue weighted by atomic mass is 16.5. The van der Waals surface area contributed by atoms with Crippen molar-refractivity contribution in [3.63, 3.8) is 0 Å². The van der Waals surface area contributed by atoms with Gasteiger partial charge >= 0.3 is 0 Å². The first-order chi connectivity index (χ1) is 11.7. The number of nitrogens with zero attached hydrogens (tertiary/aromatic N) is 2. The third kappa shape index (κ3) is 3.75. The van der Waals surface area contributed by atoms with Crippen LogP contribution in [0.3, 0.4) is 0 Å². The van der Waals surface area contributed by atoms with Crippen LogP contribution in [0.5, 0.6) is 0 Å². The van der Waals surface area contributed by atoms with E-state index in [1.807, 2.05) is 23.1 Å². The number of hydrogen-bond acceptors (Lipinski definition) is 5. The van der Waals surface area contributed by atoms with Crippen LogP contribution in [0, 0.1) is 0 Å². The number of carbonyl (C=O) groups is 2. The molecular weight excluding hydrogens is 308 g/mol. The first kappa shape index (κ1) is 16.9. The lowest BCUT2D eigenvalue weighted by Crippen LogP contribution is -2.60. The molecule has 2 atom stereocenters. The van der Waals surface area contributed by atoms with Crippen molar-refractivity contribution < 1.29 is 14.3 Å². The number of amides is 2. The number of rotatable bonds is 4. The molecule has 0 spiro atoms. The summed E-state index contributed by atoms with van der Waals surface area (Å²) in [6.07, 6.45) is 0.457. The Morgan fingerprint density at radius 3 is 2.58 bits per heavy atom. The van der Waals surface area contributed by atoms with Crippen LogP contribution in [0.25, 0.3) is 0 Å². The molecule has 7 heteroatoms. The van der Waals surface area contributed by atoms with Crippen molar-refractivity contribution in [2.45, 2.75) is 18.5 Å². The first-order valence-corrected chi connectivity index (χ1v) is 8.29. The molecule has 2 heterocycles. The molecule has 0 aromatic heterocycles. The Morgan fingerprint density at radius 1 is 1.21 bits per heavy atom. The Bertz CT molecular complexity index is 572. The molecule has 2 aliphatic heterocycles. The molecule has 0 bridgehead atoms. The van der Waals surface area contributed by atoms with Crippen LogP contribution in [0.2, 0.25) is 0 Å². The second-order valence-corrected chi connectivity index (χ2v) is 6.20. The van der Waals surface area contributed by atoms with Crippen molar-refractivity contribution in [3.05, 3.63) is 35.9 Å².